The number of nitrogens with zero attached hydrogens (tertiary/aromatic N) is 3. The van der Waals surface area contributed by atoms with Gasteiger partial charge in [0.15, 0.2) is 0 Å². The number of aromatic nitrogens is 3. The molecule has 4 rings (SSSR count). The van der Waals surface area contributed by atoms with Gasteiger partial charge in [0.2, 0.25) is 11.8 Å². The molecule has 7 nitrogen and oxygen atoms in total. The van der Waals surface area contributed by atoms with Gasteiger partial charge in [-0.2, -0.15) is 0 Å². The van der Waals surface area contributed by atoms with Crippen LogP contribution < -0.4 is 10.6 Å². The predicted octanol–water partition coefficient (Wildman–Crippen LogP) is 2.64. The average molecular weight is 347 g/mol. The molecule has 0 saturated heterocycles. The average Bonchev–Trinajstić information content (AvgIpc) is 3.19. The predicted molar refractivity (Wildman–Crippen MR) is 97.2 cm³/mol. The normalized spacial score (nSPS) is 15.4. The summed E-state index contributed by atoms with van der Waals surface area (Å²) in [6.07, 6.45) is 5.21. The molecule has 0 fully saturated rings. The van der Waals surface area contributed by atoms with Gasteiger partial charge in [-0.25, -0.2) is 9.97 Å². The minimum Gasteiger partial charge on any atom is -0.325 e. The monoisotopic (exact) mass is 347 g/mol. The highest BCUT2D eigenvalue weighted by Gasteiger charge is 2.31. The molecule has 0 aliphatic carbocycles. The Labute approximate surface area is 150 Å². The molecular weight excluding hydrogens is 330 g/mol. The molecule has 3 heterocycles. The zero-order valence-electron chi connectivity index (χ0n) is 14.1. The fourth-order valence-electron chi connectivity index (χ4n) is 3.10. The smallest absolute Gasteiger partial charge is 0.232 e. The van der Waals surface area contributed by atoms with Crippen LogP contribution >= 0.6 is 0 Å². The Kier molecular flexibility index (Phi) is 3.96. The third kappa shape index (κ3) is 2.95. The topological polar surface area (TPSA) is 88.9 Å². The fraction of sp³-hybridized carbons (Fsp3) is 0.158. The lowest BCUT2D eigenvalue weighted by molar-refractivity contribution is -0.122. The van der Waals surface area contributed by atoms with Crippen molar-refractivity contribution in [1.82, 2.24) is 14.5 Å². The summed E-state index contributed by atoms with van der Waals surface area (Å²) in [6, 6.07) is 11.0. The zero-order valence-corrected chi connectivity index (χ0v) is 14.1. The summed E-state index contributed by atoms with van der Waals surface area (Å²) >= 11 is 0. The van der Waals surface area contributed by atoms with Gasteiger partial charge in [0.1, 0.15) is 11.6 Å². The second kappa shape index (κ2) is 6.44. The Morgan fingerprint density at radius 1 is 1.23 bits per heavy atom. The van der Waals surface area contributed by atoms with Crippen LogP contribution in [0.25, 0.3) is 5.82 Å². The van der Waals surface area contributed by atoms with Crippen molar-refractivity contribution in [3.05, 3.63) is 66.4 Å². The van der Waals surface area contributed by atoms with Crippen LogP contribution in [0.3, 0.4) is 0 Å². The molecule has 2 aromatic heterocycles. The van der Waals surface area contributed by atoms with E-state index in [-0.39, 0.29) is 18.2 Å². The van der Waals surface area contributed by atoms with E-state index in [4.69, 9.17) is 0 Å². The minimum atomic E-state index is -0.466. The summed E-state index contributed by atoms with van der Waals surface area (Å²) in [4.78, 5) is 33.0. The Balaban J connectivity index is 1.44. The van der Waals surface area contributed by atoms with Crippen molar-refractivity contribution in [2.75, 3.05) is 10.6 Å². The third-order valence-electron chi connectivity index (χ3n) is 4.40. The van der Waals surface area contributed by atoms with Crippen molar-refractivity contribution < 1.29 is 9.59 Å². The van der Waals surface area contributed by atoms with Crippen LogP contribution in [0.5, 0.6) is 0 Å². The highest BCUT2D eigenvalue weighted by atomic mass is 16.2. The molecular formula is C19H17N5O2. The molecule has 2 amide bonds. The van der Waals surface area contributed by atoms with E-state index < -0.39 is 5.92 Å². The molecule has 3 aromatic rings. The molecule has 1 aliphatic rings. The quantitative estimate of drug-likeness (QED) is 0.759. The minimum absolute atomic E-state index is 0.0885. The Hall–Kier alpha value is -3.48. The molecule has 26 heavy (non-hydrogen) atoms. The van der Waals surface area contributed by atoms with Crippen LogP contribution in [0.2, 0.25) is 0 Å². The molecule has 1 unspecified atom stereocenters. The second-order valence-corrected chi connectivity index (χ2v) is 6.13. The van der Waals surface area contributed by atoms with Gasteiger partial charge in [-0.15, -0.1) is 0 Å². The van der Waals surface area contributed by atoms with E-state index in [1.54, 1.807) is 18.5 Å². The zero-order chi connectivity index (χ0) is 18.1. The van der Waals surface area contributed by atoms with Gasteiger partial charge < -0.3 is 10.6 Å². The maximum atomic E-state index is 12.4. The van der Waals surface area contributed by atoms with Crippen LogP contribution in [-0.2, 0) is 9.59 Å². The van der Waals surface area contributed by atoms with Gasteiger partial charge in [0.05, 0.1) is 17.8 Å². The first kappa shape index (κ1) is 16.0. The molecule has 130 valence electrons. The number of hydrogen-bond acceptors (Lipinski definition) is 4. The van der Waals surface area contributed by atoms with E-state index in [9.17, 15) is 9.59 Å². The van der Waals surface area contributed by atoms with Gasteiger partial charge in [-0.05, 0) is 30.7 Å². The number of para-hydroxylation sites is 1. The van der Waals surface area contributed by atoms with Gasteiger partial charge in [-0.3, -0.25) is 14.2 Å². The molecule has 1 atom stereocenters. The second-order valence-electron chi connectivity index (χ2n) is 6.13. The fourth-order valence-corrected chi connectivity index (χ4v) is 3.10. The highest BCUT2D eigenvalue weighted by Crippen LogP contribution is 2.34. The molecule has 0 radical (unpaired) electrons. The van der Waals surface area contributed by atoms with Crippen molar-refractivity contribution in [3.8, 4) is 5.82 Å². The van der Waals surface area contributed by atoms with Gasteiger partial charge in [0.25, 0.3) is 0 Å². The van der Waals surface area contributed by atoms with Crippen LogP contribution in [0.1, 0.15) is 23.7 Å². The molecule has 0 bridgehead atoms. The number of benzene rings is 1. The number of aryl methyl sites for hydroxylation is 1. The van der Waals surface area contributed by atoms with Crippen molar-refractivity contribution in [2.24, 2.45) is 0 Å². The molecule has 1 aromatic carbocycles. The lowest BCUT2D eigenvalue weighted by Gasteiger charge is -2.10. The van der Waals surface area contributed by atoms with E-state index in [2.05, 4.69) is 20.6 Å². The number of pyridine rings is 1. The summed E-state index contributed by atoms with van der Waals surface area (Å²) < 4.78 is 1.85. The van der Waals surface area contributed by atoms with E-state index in [1.807, 2.05) is 48.0 Å². The van der Waals surface area contributed by atoms with E-state index >= 15 is 0 Å². The largest absolute Gasteiger partial charge is 0.325 e. The maximum absolute atomic E-state index is 12.4. The summed E-state index contributed by atoms with van der Waals surface area (Å²) in [5, 5.41) is 5.61. The van der Waals surface area contributed by atoms with Crippen LogP contribution in [-0.4, -0.2) is 26.3 Å². The highest BCUT2D eigenvalue weighted by molar-refractivity contribution is 6.06. The molecule has 0 saturated carbocycles. The summed E-state index contributed by atoms with van der Waals surface area (Å²) in [7, 11) is 0. The number of carbonyl (C=O) groups excluding carboxylic acids is 2. The standard InChI is InChI=1S/C19H17N5O2/c1-12-20-8-9-24(12)17-7-6-13(11-21-17)22-18(25)10-15-14-4-2-3-5-16(14)23-19(15)26/h2-9,11,15H,10H2,1H3,(H,22,25)(H,23,26). The molecule has 0 spiro atoms. The number of imidazole rings is 1. The van der Waals surface area contributed by atoms with Crippen molar-refractivity contribution in [1.29, 1.82) is 0 Å². The SMILES string of the molecule is Cc1nccn1-c1ccc(NC(=O)CC2C(=O)Nc3ccccc32)cn1. The van der Waals surface area contributed by atoms with Crippen LogP contribution in [0.4, 0.5) is 11.4 Å². The number of hydrogen-bond donors (Lipinski definition) is 2. The van der Waals surface area contributed by atoms with Gasteiger partial charge in [0, 0.05) is 24.5 Å². The van der Waals surface area contributed by atoms with Gasteiger partial charge in [-0.1, -0.05) is 18.2 Å². The van der Waals surface area contributed by atoms with Crippen LogP contribution in [0, 0.1) is 6.92 Å². The summed E-state index contributed by atoms with van der Waals surface area (Å²) in [6.45, 7) is 1.89. The molecule has 7 heteroatoms. The first-order chi connectivity index (χ1) is 12.6. The Morgan fingerprint density at radius 3 is 2.81 bits per heavy atom. The first-order valence-electron chi connectivity index (χ1n) is 8.28. The molecule has 1 aliphatic heterocycles. The molecule has 2 N–H and O–H groups in total. The van der Waals surface area contributed by atoms with Gasteiger partial charge >= 0.3 is 0 Å². The summed E-state index contributed by atoms with van der Waals surface area (Å²) in [5.74, 6) is 0.718. The third-order valence-corrected chi connectivity index (χ3v) is 4.40. The lowest BCUT2D eigenvalue weighted by atomic mass is 9.97. The van der Waals surface area contributed by atoms with E-state index in [0.29, 0.717) is 5.69 Å². The number of amides is 2. The Morgan fingerprint density at radius 2 is 2.08 bits per heavy atom. The lowest BCUT2D eigenvalue weighted by Crippen LogP contribution is -2.20. The number of anilines is 2. The summed E-state index contributed by atoms with van der Waals surface area (Å²) in [5.41, 5.74) is 2.22. The van der Waals surface area contributed by atoms with Crippen molar-refractivity contribution in [2.45, 2.75) is 19.3 Å². The number of carbonyl (C=O) groups is 2. The number of fused-ring (bicyclic) bond motifs is 1. The van der Waals surface area contributed by atoms with Crippen molar-refractivity contribution in [3.63, 3.8) is 0 Å². The van der Waals surface area contributed by atoms with Crippen molar-refractivity contribution >= 4 is 23.2 Å². The van der Waals surface area contributed by atoms with Crippen LogP contribution in [0.15, 0.2) is 55.0 Å². The number of rotatable bonds is 4. The number of nitrogens with one attached hydrogen (secondary N) is 2. The van der Waals surface area contributed by atoms with E-state index in [0.717, 1.165) is 22.9 Å². The van der Waals surface area contributed by atoms with E-state index in [1.165, 1.54) is 0 Å². The Bertz CT molecular complexity index is 978. The first-order valence-corrected chi connectivity index (χ1v) is 8.28. The maximum Gasteiger partial charge on any atom is 0.232 e.